The van der Waals surface area contributed by atoms with Gasteiger partial charge in [-0.15, -0.1) is 0 Å². The second kappa shape index (κ2) is 7.53. The van der Waals surface area contributed by atoms with Gasteiger partial charge in [0.2, 0.25) is 5.91 Å². The molecule has 0 atom stereocenters. The van der Waals surface area contributed by atoms with Gasteiger partial charge in [-0.25, -0.2) is 9.97 Å². The van der Waals surface area contributed by atoms with E-state index in [0.717, 1.165) is 22.2 Å². The van der Waals surface area contributed by atoms with Crippen molar-refractivity contribution in [3.63, 3.8) is 0 Å². The molecular weight excluding hydrogens is 332 g/mol. The maximum Gasteiger partial charge on any atom is 0.237 e. The fraction of sp³-hybridized carbons (Fsp3) is 0.211. The van der Waals surface area contributed by atoms with E-state index < -0.39 is 0 Å². The standard InChI is InChI=1S/C19H20N4OS/c1-3-23(16-10-6-8-14-7-4-5-9-15(14)16)18(24)12-25-19-21-13(2)11-17(20)22-19/h4-11H,3,12H2,1-2H3,(H2,20,21,22). The Balaban J connectivity index is 1.81. The molecule has 1 aromatic heterocycles. The van der Waals surface area contributed by atoms with Crippen LogP contribution in [0.15, 0.2) is 53.7 Å². The van der Waals surface area contributed by atoms with E-state index in [1.165, 1.54) is 11.8 Å². The van der Waals surface area contributed by atoms with E-state index in [4.69, 9.17) is 5.73 Å². The Labute approximate surface area is 151 Å². The number of hydrogen-bond acceptors (Lipinski definition) is 5. The molecule has 0 spiro atoms. The van der Waals surface area contributed by atoms with Gasteiger partial charge in [-0.3, -0.25) is 4.79 Å². The summed E-state index contributed by atoms with van der Waals surface area (Å²) in [5, 5.41) is 2.72. The average molecular weight is 352 g/mol. The van der Waals surface area contributed by atoms with Crippen molar-refractivity contribution in [3.8, 4) is 0 Å². The highest BCUT2D eigenvalue weighted by Crippen LogP contribution is 2.27. The van der Waals surface area contributed by atoms with Gasteiger partial charge >= 0.3 is 0 Å². The number of nitrogen functional groups attached to an aromatic ring is 1. The minimum Gasteiger partial charge on any atom is -0.384 e. The quantitative estimate of drug-likeness (QED) is 0.560. The Morgan fingerprint density at radius 2 is 1.92 bits per heavy atom. The number of anilines is 2. The summed E-state index contributed by atoms with van der Waals surface area (Å²) in [5.74, 6) is 0.705. The zero-order valence-electron chi connectivity index (χ0n) is 14.3. The van der Waals surface area contributed by atoms with Crippen LogP contribution in [-0.2, 0) is 4.79 Å². The number of aryl methyl sites for hydroxylation is 1. The average Bonchev–Trinajstić information content (AvgIpc) is 2.60. The molecule has 0 aliphatic rings. The summed E-state index contributed by atoms with van der Waals surface area (Å²) >= 11 is 1.31. The van der Waals surface area contributed by atoms with E-state index >= 15 is 0 Å². The van der Waals surface area contributed by atoms with Crippen LogP contribution in [0.4, 0.5) is 11.5 Å². The Kier molecular flexibility index (Phi) is 5.19. The molecule has 0 bridgehead atoms. The van der Waals surface area contributed by atoms with Crippen molar-refractivity contribution in [3.05, 3.63) is 54.2 Å². The van der Waals surface area contributed by atoms with E-state index in [-0.39, 0.29) is 11.7 Å². The molecule has 0 fully saturated rings. The Morgan fingerprint density at radius 3 is 2.68 bits per heavy atom. The first-order valence-electron chi connectivity index (χ1n) is 8.10. The molecule has 0 aliphatic carbocycles. The van der Waals surface area contributed by atoms with Crippen molar-refractivity contribution in [2.45, 2.75) is 19.0 Å². The lowest BCUT2D eigenvalue weighted by atomic mass is 10.1. The number of benzene rings is 2. The lowest BCUT2D eigenvalue weighted by molar-refractivity contribution is -0.116. The normalized spacial score (nSPS) is 10.8. The first kappa shape index (κ1) is 17.2. The van der Waals surface area contributed by atoms with E-state index in [1.807, 2.05) is 44.2 Å². The summed E-state index contributed by atoms with van der Waals surface area (Å²) in [5.41, 5.74) is 7.47. The van der Waals surface area contributed by atoms with Gasteiger partial charge in [-0.2, -0.15) is 0 Å². The van der Waals surface area contributed by atoms with Gasteiger partial charge in [0.25, 0.3) is 0 Å². The number of carbonyl (C=O) groups is 1. The number of nitrogens with two attached hydrogens (primary N) is 1. The van der Waals surface area contributed by atoms with Crippen molar-refractivity contribution in [2.24, 2.45) is 0 Å². The van der Waals surface area contributed by atoms with E-state index in [2.05, 4.69) is 22.1 Å². The molecule has 3 rings (SSSR count). The summed E-state index contributed by atoms with van der Waals surface area (Å²) in [7, 11) is 0. The fourth-order valence-corrected chi connectivity index (χ4v) is 3.55. The zero-order chi connectivity index (χ0) is 17.8. The van der Waals surface area contributed by atoms with Crippen LogP contribution in [-0.4, -0.2) is 28.2 Å². The summed E-state index contributed by atoms with van der Waals surface area (Å²) in [4.78, 5) is 23.1. The van der Waals surface area contributed by atoms with Crippen molar-refractivity contribution < 1.29 is 4.79 Å². The van der Waals surface area contributed by atoms with Gasteiger partial charge in [-0.05, 0) is 25.3 Å². The van der Waals surface area contributed by atoms with Crippen LogP contribution in [0.3, 0.4) is 0 Å². The summed E-state index contributed by atoms with van der Waals surface area (Å²) in [6.07, 6.45) is 0. The number of nitrogens with zero attached hydrogens (tertiary/aromatic N) is 3. The molecule has 2 N–H and O–H groups in total. The van der Waals surface area contributed by atoms with Gasteiger partial charge in [0.1, 0.15) is 5.82 Å². The van der Waals surface area contributed by atoms with Crippen LogP contribution >= 0.6 is 11.8 Å². The summed E-state index contributed by atoms with van der Waals surface area (Å²) in [6, 6.07) is 15.8. The van der Waals surface area contributed by atoms with E-state index in [9.17, 15) is 4.79 Å². The molecule has 6 heteroatoms. The fourth-order valence-electron chi connectivity index (χ4n) is 2.76. The third-order valence-electron chi connectivity index (χ3n) is 3.85. The van der Waals surface area contributed by atoms with Gasteiger partial charge in [0, 0.05) is 23.7 Å². The monoisotopic (exact) mass is 352 g/mol. The van der Waals surface area contributed by atoms with E-state index in [0.29, 0.717) is 17.5 Å². The maximum absolute atomic E-state index is 12.8. The molecule has 2 aromatic carbocycles. The Morgan fingerprint density at radius 1 is 1.16 bits per heavy atom. The van der Waals surface area contributed by atoms with Crippen molar-refractivity contribution >= 4 is 39.9 Å². The number of carbonyl (C=O) groups excluding carboxylic acids is 1. The van der Waals surface area contributed by atoms with Crippen LogP contribution in [0.25, 0.3) is 10.8 Å². The molecule has 0 radical (unpaired) electrons. The maximum atomic E-state index is 12.8. The second-order valence-electron chi connectivity index (χ2n) is 5.64. The molecule has 128 valence electrons. The van der Waals surface area contributed by atoms with Crippen LogP contribution in [0.2, 0.25) is 0 Å². The highest BCUT2D eigenvalue weighted by molar-refractivity contribution is 7.99. The van der Waals surface area contributed by atoms with Gasteiger partial charge in [0.15, 0.2) is 5.16 Å². The third kappa shape index (κ3) is 3.91. The molecule has 0 saturated heterocycles. The Bertz CT molecular complexity index is 887. The van der Waals surface area contributed by atoms with Crippen molar-refractivity contribution in [1.82, 2.24) is 9.97 Å². The molecule has 5 nitrogen and oxygen atoms in total. The topological polar surface area (TPSA) is 72.1 Å². The number of amides is 1. The molecule has 1 amide bonds. The van der Waals surface area contributed by atoms with Gasteiger partial charge < -0.3 is 10.6 Å². The molecule has 0 unspecified atom stereocenters. The Hall–Kier alpha value is -2.60. The first-order chi connectivity index (χ1) is 12.1. The number of thioether (sulfide) groups is 1. The number of aromatic nitrogens is 2. The SMILES string of the molecule is CCN(C(=O)CSc1nc(C)cc(N)n1)c1cccc2ccccc12. The summed E-state index contributed by atoms with van der Waals surface area (Å²) in [6.45, 7) is 4.44. The highest BCUT2D eigenvalue weighted by Gasteiger charge is 2.17. The third-order valence-corrected chi connectivity index (χ3v) is 4.69. The lowest BCUT2D eigenvalue weighted by Gasteiger charge is -2.22. The molecule has 0 saturated carbocycles. The minimum atomic E-state index is 0.0209. The number of hydrogen-bond donors (Lipinski definition) is 1. The number of fused-ring (bicyclic) bond motifs is 1. The molecule has 1 heterocycles. The molecule has 25 heavy (non-hydrogen) atoms. The van der Waals surface area contributed by atoms with Crippen LogP contribution in [0.5, 0.6) is 0 Å². The molecule has 0 aliphatic heterocycles. The molecule has 3 aromatic rings. The lowest BCUT2D eigenvalue weighted by Crippen LogP contribution is -2.32. The number of rotatable bonds is 5. The minimum absolute atomic E-state index is 0.0209. The predicted octanol–water partition coefficient (Wildman–Crippen LogP) is 3.67. The zero-order valence-corrected chi connectivity index (χ0v) is 15.1. The van der Waals surface area contributed by atoms with Gasteiger partial charge in [0.05, 0.1) is 11.4 Å². The van der Waals surface area contributed by atoms with Crippen LogP contribution in [0, 0.1) is 6.92 Å². The predicted molar refractivity (Wildman–Crippen MR) is 104 cm³/mol. The van der Waals surface area contributed by atoms with Gasteiger partial charge in [-0.1, -0.05) is 48.2 Å². The van der Waals surface area contributed by atoms with Crippen LogP contribution < -0.4 is 10.6 Å². The van der Waals surface area contributed by atoms with Crippen LogP contribution in [0.1, 0.15) is 12.6 Å². The largest absolute Gasteiger partial charge is 0.384 e. The van der Waals surface area contributed by atoms with Crippen molar-refractivity contribution in [2.75, 3.05) is 22.9 Å². The summed E-state index contributed by atoms with van der Waals surface area (Å²) < 4.78 is 0. The smallest absolute Gasteiger partial charge is 0.237 e. The first-order valence-corrected chi connectivity index (χ1v) is 9.09. The van der Waals surface area contributed by atoms with Crippen molar-refractivity contribution in [1.29, 1.82) is 0 Å². The molecular formula is C19H20N4OS. The second-order valence-corrected chi connectivity index (χ2v) is 6.58. The van der Waals surface area contributed by atoms with E-state index in [1.54, 1.807) is 11.0 Å². The highest BCUT2D eigenvalue weighted by atomic mass is 32.2.